The highest BCUT2D eigenvalue weighted by Crippen LogP contribution is 2.47. The zero-order valence-corrected chi connectivity index (χ0v) is 15.0. The summed E-state index contributed by atoms with van der Waals surface area (Å²) in [5.41, 5.74) is 1.93. The van der Waals surface area contributed by atoms with E-state index in [4.69, 9.17) is 9.26 Å². The predicted molar refractivity (Wildman–Crippen MR) is 98.6 cm³/mol. The number of rotatable bonds is 3. The summed E-state index contributed by atoms with van der Waals surface area (Å²) in [7, 11) is 1.84. The highest BCUT2D eigenvalue weighted by Gasteiger charge is 2.53. The third-order valence-electron chi connectivity index (χ3n) is 6.01. The largest absolute Gasteiger partial charge is 0.374 e. The lowest BCUT2D eigenvalue weighted by molar-refractivity contribution is 0.0767. The summed E-state index contributed by atoms with van der Waals surface area (Å²) in [6, 6.07) is 12.1. The number of aromatic nitrogens is 1. The number of hydrogen-bond acceptors (Lipinski definition) is 4. The molecule has 6 nitrogen and oxygen atoms in total. The van der Waals surface area contributed by atoms with Gasteiger partial charge in [0.15, 0.2) is 11.7 Å². The van der Waals surface area contributed by atoms with Crippen LogP contribution in [-0.2, 0) is 11.3 Å². The van der Waals surface area contributed by atoms with E-state index in [0.717, 1.165) is 36.1 Å². The summed E-state index contributed by atoms with van der Waals surface area (Å²) in [5.74, 6) is 3.09. The first-order valence-electron chi connectivity index (χ1n) is 9.44. The van der Waals surface area contributed by atoms with Crippen LogP contribution in [0.3, 0.4) is 0 Å². The number of benzene rings is 1. The van der Waals surface area contributed by atoms with Gasteiger partial charge in [-0.05, 0) is 12.8 Å². The van der Waals surface area contributed by atoms with Gasteiger partial charge in [0.1, 0.15) is 5.69 Å². The zero-order valence-electron chi connectivity index (χ0n) is 15.0. The van der Waals surface area contributed by atoms with Crippen LogP contribution in [0.15, 0.2) is 45.9 Å². The van der Waals surface area contributed by atoms with Crippen LogP contribution in [0.5, 0.6) is 0 Å². The Hall–Kier alpha value is -2.34. The SMILES string of the molecule is CN=C(NCc1cc(-c2ccccc2)no1)N1CC2C3CCC(O3)C2C1. The predicted octanol–water partition coefficient (Wildman–Crippen LogP) is 2.53. The molecule has 0 aliphatic carbocycles. The van der Waals surface area contributed by atoms with Crippen molar-refractivity contribution in [2.24, 2.45) is 16.8 Å². The second-order valence-corrected chi connectivity index (χ2v) is 7.47. The highest BCUT2D eigenvalue weighted by atomic mass is 16.5. The van der Waals surface area contributed by atoms with Crippen LogP contribution in [-0.4, -0.2) is 48.4 Å². The monoisotopic (exact) mass is 352 g/mol. The Morgan fingerprint density at radius 3 is 2.62 bits per heavy atom. The van der Waals surface area contributed by atoms with Gasteiger partial charge in [0, 0.05) is 43.6 Å². The number of likely N-dealkylation sites (tertiary alicyclic amines) is 1. The molecule has 4 heterocycles. The number of nitrogens with zero attached hydrogens (tertiary/aromatic N) is 3. The molecule has 5 rings (SSSR count). The van der Waals surface area contributed by atoms with Crippen molar-refractivity contribution in [1.82, 2.24) is 15.4 Å². The molecule has 0 amide bonds. The maximum Gasteiger partial charge on any atom is 0.194 e. The van der Waals surface area contributed by atoms with E-state index < -0.39 is 0 Å². The van der Waals surface area contributed by atoms with Crippen molar-refractivity contribution in [3.8, 4) is 11.3 Å². The Balaban J connectivity index is 1.22. The number of guanidine groups is 1. The van der Waals surface area contributed by atoms with Crippen molar-refractivity contribution >= 4 is 5.96 Å². The second kappa shape index (κ2) is 6.43. The molecular formula is C20H24N4O2. The summed E-state index contributed by atoms with van der Waals surface area (Å²) in [5, 5.41) is 7.61. The van der Waals surface area contributed by atoms with Gasteiger partial charge >= 0.3 is 0 Å². The summed E-state index contributed by atoms with van der Waals surface area (Å²) in [4.78, 5) is 6.85. The Morgan fingerprint density at radius 1 is 1.19 bits per heavy atom. The van der Waals surface area contributed by atoms with Gasteiger partial charge in [0.25, 0.3) is 0 Å². The summed E-state index contributed by atoms with van der Waals surface area (Å²) >= 11 is 0. The van der Waals surface area contributed by atoms with Gasteiger partial charge in [-0.15, -0.1) is 0 Å². The summed E-state index contributed by atoms with van der Waals surface area (Å²) in [6.45, 7) is 2.66. The minimum atomic E-state index is 0.468. The first-order valence-corrected chi connectivity index (χ1v) is 9.44. The van der Waals surface area contributed by atoms with Crippen molar-refractivity contribution in [2.45, 2.75) is 31.6 Å². The van der Waals surface area contributed by atoms with Crippen molar-refractivity contribution in [3.63, 3.8) is 0 Å². The molecule has 3 aliphatic rings. The van der Waals surface area contributed by atoms with Gasteiger partial charge in [0.2, 0.25) is 0 Å². The number of aliphatic imine (C=N–C) groups is 1. The molecule has 6 heteroatoms. The van der Waals surface area contributed by atoms with Gasteiger partial charge < -0.3 is 19.5 Å². The van der Waals surface area contributed by atoms with E-state index in [0.29, 0.717) is 30.6 Å². The molecule has 3 saturated heterocycles. The van der Waals surface area contributed by atoms with Crippen LogP contribution < -0.4 is 5.32 Å². The van der Waals surface area contributed by atoms with Crippen molar-refractivity contribution in [1.29, 1.82) is 0 Å². The molecule has 4 atom stereocenters. The molecule has 2 bridgehead atoms. The number of fused-ring (bicyclic) bond motifs is 5. The smallest absolute Gasteiger partial charge is 0.194 e. The van der Waals surface area contributed by atoms with E-state index in [-0.39, 0.29) is 0 Å². The molecule has 1 aromatic carbocycles. The van der Waals surface area contributed by atoms with Crippen LogP contribution in [0.4, 0.5) is 0 Å². The third-order valence-corrected chi connectivity index (χ3v) is 6.01. The fourth-order valence-electron chi connectivity index (χ4n) is 4.77. The van der Waals surface area contributed by atoms with Crippen LogP contribution >= 0.6 is 0 Å². The van der Waals surface area contributed by atoms with E-state index in [2.05, 4.69) is 20.4 Å². The average molecular weight is 352 g/mol. The summed E-state index contributed by atoms with van der Waals surface area (Å²) in [6.07, 6.45) is 3.39. The van der Waals surface area contributed by atoms with E-state index >= 15 is 0 Å². The summed E-state index contributed by atoms with van der Waals surface area (Å²) < 4.78 is 11.6. The minimum absolute atomic E-state index is 0.468. The number of hydrogen-bond donors (Lipinski definition) is 1. The molecule has 2 aromatic rings. The third kappa shape index (κ3) is 2.69. The Kier molecular flexibility index (Phi) is 3.93. The maximum atomic E-state index is 6.06. The number of nitrogens with one attached hydrogen (secondary N) is 1. The Morgan fingerprint density at radius 2 is 1.92 bits per heavy atom. The van der Waals surface area contributed by atoms with Crippen LogP contribution in [0.1, 0.15) is 18.6 Å². The van der Waals surface area contributed by atoms with E-state index in [1.54, 1.807) is 0 Å². The molecule has 0 spiro atoms. The van der Waals surface area contributed by atoms with Crippen molar-refractivity contribution < 1.29 is 9.26 Å². The average Bonchev–Trinajstić information content (AvgIpc) is 3.44. The molecule has 1 N–H and O–H groups in total. The van der Waals surface area contributed by atoms with Crippen LogP contribution in [0.25, 0.3) is 11.3 Å². The van der Waals surface area contributed by atoms with Gasteiger partial charge in [-0.3, -0.25) is 4.99 Å². The quantitative estimate of drug-likeness (QED) is 0.679. The molecule has 26 heavy (non-hydrogen) atoms. The molecule has 3 fully saturated rings. The van der Waals surface area contributed by atoms with Gasteiger partial charge in [-0.2, -0.15) is 0 Å². The minimum Gasteiger partial charge on any atom is -0.374 e. The lowest BCUT2D eigenvalue weighted by atomic mass is 9.82. The van der Waals surface area contributed by atoms with Crippen LogP contribution in [0.2, 0.25) is 0 Å². The lowest BCUT2D eigenvalue weighted by Gasteiger charge is -2.22. The second-order valence-electron chi connectivity index (χ2n) is 7.47. The Bertz CT molecular complexity index is 785. The first kappa shape index (κ1) is 15.9. The molecule has 4 unspecified atom stereocenters. The molecule has 0 saturated carbocycles. The first-order chi connectivity index (χ1) is 12.8. The van der Waals surface area contributed by atoms with Crippen LogP contribution in [0, 0.1) is 11.8 Å². The topological polar surface area (TPSA) is 62.9 Å². The van der Waals surface area contributed by atoms with Gasteiger partial charge in [-0.1, -0.05) is 35.5 Å². The normalized spacial score (nSPS) is 30.0. The molecular weight excluding hydrogens is 328 g/mol. The highest BCUT2D eigenvalue weighted by molar-refractivity contribution is 5.80. The van der Waals surface area contributed by atoms with Gasteiger partial charge in [-0.25, -0.2) is 0 Å². The zero-order chi connectivity index (χ0) is 17.5. The van der Waals surface area contributed by atoms with E-state index in [1.807, 2.05) is 43.4 Å². The van der Waals surface area contributed by atoms with Gasteiger partial charge in [0.05, 0.1) is 18.8 Å². The molecule has 0 radical (unpaired) electrons. The lowest BCUT2D eigenvalue weighted by Crippen LogP contribution is -2.40. The standard InChI is InChI=1S/C20H24N4O2/c1-21-20(24-11-15-16(12-24)19-8-7-18(15)25-19)22-10-14-9-17(23-26-14)13-5-3-2-4-6-13/h2-6,9,15-16,18-19H,7-8,10-12H2,1H3,(H,21,22). The molecule has 3 aliphatic heterocycles. The molecule has 1 aromatic heterocycles. The fourth-order valence-corrected chi connectivity index (χ4v) is 4.77. The van der Waals surface area contributed by atoms with E-state index in [1.165, 1.54) is 12.8 Å². The fraction of sp³-hybridized carbons (Fsp3) is 0.500. The van der Waals surface area contributed by atoms with E-state index in [9.17, 15) is 0 Å². The maximum absolute atomic E-state index is 6.06. The number of ether oxygens (including phenoxy) is 1. The Labute approximate surface area is 153 Å². The molecule has 136 valence electrons. The van der Waals surface area contributed by atoms with Crippen molar-refractivity contribution in [3.05, 3.63) is 42.2 Å². The van der Waals surface area contributed by atoms with Crippen molar-refractivity contribution in [2.75, 3.05) is 20.1 Å².